The van der Waals surface area contributed by atoms with Gasteiger partial charge in [-0.15, -0.1) is 5.10 Å². The van der Waals surface area contributed by atoms with Gasteiger partial charge in [0.05, 0.1) is 18.3 Å². The standard InChI is InChI=1S/C18H21N5O3/c1-12(2)26-15-5-3-4-13(8-15)6-7-17(24)22-9-14(10-22)23-11-16(18(19)25)20-21-23/h3-8,11-12,14H,9-10H2,1-2H3,(H2,19,25). The van der Waals surface area contributed by atoms with Crippen LogP contribution in [0.3, 0.4) is 0 Å². The summed E-state index contributed by atoms with van der Waals surface area (Å²) in [4.78, 5) is 25.0. The van der Waals surface area contributed by atoms with Gasteiger partial charge in [0.15, 0.2) is 5.69 Å². The first-order valence-electron chi connectivity index (χ1n) is 8.37. The lowest BCUT2D eigenvalue weighted by Crippen LogP contribution is -2.50. The number of amides is 2. The van der Waals surface area contributed by atoms with E-state index in [1.807, 2.05) is 38.1 Å². The first-order valence-corrected chi connectivity index (χ1v) is 8.37. The average molecular weight is 355 g/mol. The summed E-state index contributed by atoms with van der Waals surface area (Å²) < 4.78 is 7.22. The maximum atomic E-state index is 12.2. The molecule has 0 aliphatic carbocycles. The van der Waals surface area contributed by atoms with Gasteiger partial charge in [-0.3, -0.25) is 9.59 Å². The molecule has 0 bridgehead atoms. The van der Waals surface area contributed by atoms with Crippen LogP contribution in [-0.4, -0.2) is 50.9 Å². The van der Waals surface area contributed by atoms with Gasteiger partial charge in [0.25, 0.3) is 5.91 Å². The molecule has 8 heteroatoms. The van der Waals surface area contributed by atoms with Gasteiger partial charge in [-0.1, -0.05) is 17.3 Å². The minimum Gasteiger partial charge on any atom is -0.491 e. The maximum absolute atomic E-state index is 12.2. The molecule has 0 unspecified atom stereocenters. The summed E-state index contributed by atoms with van der Waals surface area (Å²) in [5, 5.41) is 7.58. The van der Waals surface area contributed by atoms with Crippen LogP contribution in [0.1, 0.15) is 35.9 Å². The smallest absolute Gasteiger partial charge is 0.270 e. The predicted molar refractivity (Wildman–Crippen MR) is 95.4 cm³/mol. The number of likely N-dealkylation sites (tertiary alicyclic amines) is 1. The number of ether oxygens (including phenoxy) is 1. The predicted octanol–water partition coefficient (Wildman–Crippen LogP) is 1.26. The van der Waals surface area contributed by atoms with Crippen molar-refractivity contribution in [1.29, 1.82) is 0 Å². The quantitative estimate of drug-likeness (QED) is 0.786. The Hall–Kier alpha value is -3.16. The highest BCUT2D eigenvalue weighted by atomic mass is 16.5. The molecule has 2 heterocycles. The fraction of sp³-hybridized carbons (Fsp3) is 0.333. The fourth-order valence-electron chi connectivity index (χ4n) is 2.61. The van der Waals surface area contributed by atoms with Gasteiger partial charge in [0, 0.05) is 19.2 Å². The van der Waals surface area contributed by atoms with Crippen LogP contribution in [0.2, 0.25) is 0 Å². The molecule has 0 atom stereocenters. The third kappa shape index (κ3) is 4.08. The zero-order valence-corrected chi connectivity index (χ0v) is 14.7. The van der Waals surface area contributed by atoms with Crippen molar-refractivity contribution < 1.29 is 14.3 Å². The number of hydrogen-bond acceptors (Lipinski definition) is 5. The lowest BCUT2D eigenvalue weighted by molar-refractivity contribution is -0.131. The van der Waals surface area contributed by atoms with Crippen LogP contribution >= 0.6 is 0 Å². The number of nitrogens with two attached hydrogens (primary N) is 1. The molecule has 1 saturated heterocycles. The second-order valence-corrected chi connectivity index (χ2v) is 6.42. The molecule has 1 aromatic heterocycles. The summed E-state index contributed by atoms with van der Waals surface area (Å²) >= 11 is 0. The van der Waals surface area contributed by atoms with Crippen molar-refractivity contribution in [3.05, 3.63) is 47.8 Å². The van der Waals surface area contributed by atoms with Gasteiger partial charge in [-0.05, 0) is 37.6 Å². The zero-order valence-electron chi connectivity index (χ0n) is 14.7. The van der Waals surface area contributed by atoms with Crippen LogP contribution in [0.25, 0.3) is 6.08 Å². The van der Waals surface area contributed by atoms with Crippen molar-refractivity contribution in [2.24, 2.45) is 5.73 Å². The first kappa shape index (κ1) is 17.7. The molecule has 3 rings (SSSR count). The second kappa shape index (κ2) is 7.38. The van der Waals surface area contributed by atoms with Crippen LogP contribution < -0.4 is 10.5 Å². The Labute approximate surface area is 151 Å². The highest BCUT2D eigenvalue weighted by Gasteiger charge is 2.31. The first-order chi connectivity index (χ1) is 12.4. The van der Waals surface area contributed by atoms with Gasteiger partial charge in [0.1, 0.15) is 5.75 Å². The fourth-order valence-corrected chi connectivity index (χ4v) is 2.61. The van der Waals surface area contributed by atoms with Crippen LogP contribution in [0.15, 0.2) is 36.5 Å². The average Bonchev–Trinajstić information content (AvgIpc) is 3.01. The number of carbonyl (C=O) groups excluding carboxylic acids is 2. The van der Waals surface area contributed by atoms with E-state index in [1.165, 1.54) is 6.20 Å². The SMILES string of the molecule is CC(C)Oc1cccc(C=CC(=O)N2CC(n3cc(C(N)=O)nn3)C2)c1. The number of primary amides is 1. The van der Waals surface area contributed by atoms with Crippen LogP contribution in [0, 0.1) is 0 Å². The lowest BCUT2D eigenvalue weighted by atomic mass is 10.1. The zero-order chi connectivity index (χ0) is 18.7. The summed E-state index contributed by atoms with van der Waals surface area (Å²) in [7, 11) is 0. The Bertz CT molecular complexity index is 837. The minimum atomic E-state index is -0.616. The number of benzene rings is 1. The minimum absolute atomic E-state index is 0.00993. The summed E-state index contributed by atoms with van der Waals surface area (Å²) in [5.41, 5.74) is 6.18. The Kier molecular flexibility index (Phi) is 5.01. The van der Waals surface area contributed by atoms with Gasteiger partial charge < -0.3 is 15.4 Å². The number of aromatic nitrogens is 3. The summed E-state index contributed by atoms with van der Waals surface area (Å²) in [6.45, 7) is 4.96. The summed E-state index contributed by atoms with van der Waals surface area (Å²) in [6, 6.07) is 7.59. The highest BCUT2D eigenvalue weighted by Crippen LogP contribution is 2.21. The largest absolute Gasteiger partial charge is 0.491 e. The van der Waals surface area contributed by atoms with Crippen molar-refractivity contribution in [2.75, 3.05) is 13.1 Å². The molecule has 2 N–H and O–H groups in total. The Morgan fingerprint density at radius 1 is 1.35 bits per heavy atom. The maximum Gasteiger partial charge on any atom is 0.270 e. The highest BCUT2D eigenvalue weighted by molar-refractivity contribution is 5.92. The van der Waals surface area contributed by atoms with E-state index < -0.39 is 5.91 Å². The molecule has 1 aliphatic heterocycles. The molecule has 0 saturated carbocycles. The van der Waals surface area contributed by atoms with E-state index in [2.05, 4.69) is 10.3 Å². The molecule has 0 radical (unpaired) electrons. The Balaban J connectivity index is 1.55. The van der Waals surface area contributed by atoms with Crippen molar-refractivity contribution in [3.63, 3.8) is 0 Å². The van der Waals surface area contributed by atoms with E-state index in [9.17, 15) is 9.59 Å². The number of hydrogen-bond donors (Lipinski definition) is 1. The topological polar surface area (TPSA) is 103 Å². The molecular weight excluding hydrogens is 334 g/mol. The molecule has 0 spiro atoms. The number of carbonyl (C=O) groups is 2. The van der Waals surface area contributed by atoms with Crippen molar-refractivity contribution in [2.45, 2.75) is 26.0 Å². The summed E-state index contributed by atoms with van der Waals surface area (Å²) in [6.07, 6.45) is 4.91. The molecule has 8 nitrogen and oxygen atoms in total. The van der Waals surface area contributed by atoms with Gasteiger partial charge in [-0.2, -0.15) is 0 Å². The normalized spacial score (nSPS) is 14.7. The van der Waals surface area contributed by atoms with Crippen molar-refractivity contribution in [1.82, 2.24) is 19.9 Å². The van der Waals surface area contributed by atoms with Crippen LogP contribution in [0.5, 0.6) is 5.75 Å². The van der Waals surface area contributed by atoms with E-state index >= 15 is 0 Å². The monoisotopic (exact) mass is 355 g/mol. The molecule has 136 valence electrons. The van der Waals surface area contributed by atoms with E-state index in [0.29, 0.717) is 13.1 Å². The molecule has 1 fully saturated rings. The van der Waals surface area contributed by atoms with Crippen molar-refractivity contribution >= 4 is 17.9 Å². The van der Waals surface area contributed by atoms with E-state index in [1.54, 1.807) is 21.7 Å². The van der Waals surface area contributed by atoms with Gasteiger partial charge in [0.2, 0.25) is 5.91 Å². The molecule has 2 aromatic rings. The van der Waals surface area contributed by atoms with Crippen LogP contribution in [0.4, 0.5) is 0 Å². The van der Waals surface area contributed by atoms with Crippen molar-refractivity contribution in [3.8, 4) is 5.75 Å². The van der Waals surface area contributed by atoms with Crippen LogP contribution in [-0.2, 0) is 4.79 Å². The molecule has 1 aliphatic rings. The second-order valence-electron chi connectivity index (χ2n) is 6.42. The number of rotatable bonds is 6. The Morgan fingerprint density at radius 2 is 2.12 bits per heavy atom. The third-order valence-corrected chi connectivity index (χ3v) is 3.96. The molecule has 2 amide bonds. The van der Waals surface area contributed by atoms with E-state index in [0.717, 1.165) is 11.3 Å². The van der Waals surface area contributed by atoms with E-state index in [4.69, 9.17) is 10.5 Å². The number of nitrogens with zero attached hydrogens (tertiary/aromatic N) is 4. The van der Waals surface area contributed by atoms with Gasteiger partial charge >= 0.3 is 0 Å². The molecule has 1 aromatic carbocycles. The third-order valence-electron chi connectivity index (χ3n) is 3.96. The summed E-state index contributed by atoms with van der Waals surface area (Å²) in [5.74, 6) is 0.0804. The Morgan fingerprint density at radius 3 is 2.77 bits per heavy atom. The lowest BCUT2D eigenvalue weighted by Gasteiger charge is -2.38. The molecule has 26 heavy (non-hydrogen) atoms. The van der Waals surface area contributed by atoms with E-state index in [-0.39, 0.29) is 23.7 Å². The van der Waals surface area contributed by atoms with Gasteiger partial charge in [-0.25, -0.2) is 4.68 Å². The molecular formula is C18H21N5O3.